The fraction of sp³-hybridized carbons (Fsp3) is 0.0588. The Balaban J connectivity index is 1.97. The zero-order chi connectivity index (χ0) is 17.1. The van der Waals surface area contributed by atoms with Crippen LogP contribution in [0.1, 0.15) is 5.56 Å². The van der Waals surface area contributed by atoms with Crippen molar-refractivity contribution >= 4 is 58.1 Å². The van der Waals surface area contributed by atoms with Crippen LogP contribution in [0.2, 0.25) is 10.0 Å². The minimum atomic E-state index is 0.482. The second-order valence-corrected chi connectivity index (χ2v) is 8.71. The molecule has 0 saturated heterocycles. The number of benzene rings is 1. The van der Waals surface area contributed by atoms with Crippen molar-refractivity contribution in [3.63, 3.8) is 0 Å². The molecular weight excluding hydrogens is 399 g/mol. The molecule has 0 N–H and O–H groups in total. The molecular formula is C17H10Cl2N2S3. The third-order valence-electron chi connectivity index (χ3n) is 3.20. The van der Waals surface area contributed by atoms with Crippen LogP contribution in [0.3, 0.4) is 0 Å². The molecule has 120 valence electrons. The zero-order valence-electron chi connectivity index (χ0n) is 12.4. The fourth-order valence-electron chi connectivity index (χ4n) is 2.02. The molecule has 0 unspecified atom stereocenters. The number of hydrogen-bond donors (Lipinski definition) is 0. The fourth-order valence-corrected chi connectivity index (χ4v) is 5.25. The molecule has 24 heavy (non-hydrogen) atoms. The topological polar surface area (TPSA) is 36.7 Å². The number of aromatic nitrogens is 1. The standard InChI is InChI=1S/C17H10Cl2N2S3/c1-22-12-4-2-10(3-5-12)15-6-11(7-20)17(23-15)24-16-13(18)8-21-9-14(16)19/h2-6,8-9H,1H3. The molecule has 0 aliphatic carbocycles. The Labute approximate surface area is 162 Å². The van der Waals surface area contributed by atoms with E-state index in [0.717, 1.165) is 19.5 Å². The van der Waals surface area contributed by atoms with Crippen LogP contribution in [0.25, 0.3) is 10.4 Å². The first-order valence-electron chi connectivity index (χ1n) is 6.77. The maximum atomic E-state index is 9.44. The maximum absolute atomic E-state index is 9.44. The number of halogens is 2. The van der Waals surface area contributed by atoms with Gasteiger partial charge in [0.2, 0.25) is 0 Å². The van der Waals surface area contributed by atoms with Crippen LogP contribution in [0.5, 0.6) is 0 Å². The molecule has 1 aromatic carbocycles. The highest BCUT2D eigenvalue weighted by molar-refractivity contribution is 8.01. The lowest BCUT2D eigenvalue weighted by Gasteiger charge is -2.04. The van der Waals surface area contributed by atoms with Crippen molar-refractivity contribution in [3.05, 3.63) is 58.3 Å². The molecule has 0 atom stereocenters. The number of rotatable bonds is 4. The van der Waals surface area contributed by atoms with Crippen LogP contribution in [0.15, 0.2) is 56.7 Å². The molecule has 0 saturated carbocycles. The van der Waals surface area contributed by atoms with Gasteiger partial charge in [-0.1, -0.05) is 47.1 Å². The average Bonchev–Trinajstić information content (AvgIpc) is 3.01. The van der Waals surface area contributed by atoms with Gasteiger partial charge in [-0.3, -0.25) is 4.98 Å². The van der Waals surface area contributed by atoms with Crippen LogP contribution >= 0.6 is 58.1 Å². The second-order valence-electron chi connectivity index (χ2n) is 4.69. The Kier molecular flexibility index (Phi) is 5.75. The SMILES string of the molecule is CSc1ccc(-c2cc(C#N)c(Sc3c(Cl)cncc3Cl)s2)cc1. The van der Waals surface area contributed by atoms with Crippen molar-refractivity contribution in [3.8, 4) is 16.5 Å². The summed E-state index contributed by atoms with van der Waals surface area (Å²) in [5.41, 5.74) is 1.71. The first kappa shape index (κ1) is 17.7. The molecule has 0 radical (unpaired) electrons. The highest BCUT2D eigenvalue weighted by Gasteiger charge is 2.15. The van der Waals surface area contributed by atoms with Gasteiger partial charge in [-0.2, -0.15) is 5.26 Å². The first-order valence-corrected chi connectivity index (χ1v) is 10.4. The summed E-state index contributed by atoms with van der Waals surface area (Å²) in [6, 6.07) is 12.5. The van der Waals surface area contributed by atoms with Crippen LogP contribution in [-0.4, -0.2) is 11.2 Å². The summed E-state index contributed by atoms with van der Waals surface area (Å²) in [4.78, 5) is 6.93. The van der Waals surface area contributed by atoms with E-state index in [2.05, 4.69) is 35.3 Å². The van der Waals surface area contributed by atoms with E-state index in [1.807, 2.05) is 12.3 Å². The summed E-state index contributed by atoms with van der Waals surface area (Å²) in [5.74, 6) is 0. The van der Waals surface area contributed by atoms with Gasteiger partial charge in [0.25, 0.3) is 0 Å². The first-order chi connectivity index (χ1) is 11.6. The van der Waals surface area contributed by atoms with Gasteiger partial charge in [-0.15, -0.1) is 23.1 Å². The largest absolute Gasteiger partial charge is 0.262 e. The van der Waals surface area contributed by atoms with E-state index in [1.54, 1.807) is 35.5 Å². The highest BCUT2D eigenvalue weighted by atomic mass is 35.5. The minimum absolute atomic E-state index is 0.482. The molecule has 0 amide bonds. The van der Waals surface area contributed by atoms with Gasteiger partial charge in [0, 0.05) is 22.2 Å². The van der Waals surface area contributed by atoms with E-state index in [0.29, 0.717) is 15.6 Å². The highest BCUT2D eigenvalue weighted by Crippen LogP contribution is 2.44. The number of thioether (sulfide) groups is 1. The summed E-state index contributed by atoms with van der Waals surface area (Å²) in [6.45, 7) is 0. The van der Waals surface area contributed by atoms with Gasteiger partial charge in [-0.05, 0) is 30.0 Å². The molecule has 0 spiro atoms. The van der Waals surface area contributed by atoms with Crippen LogP contribution in [0, 0.1) is 11.3 Å². The lowest BCUT2D eigenvalue weighted by atomic mass is 10.2. The molecule has 2 nitrogen and oxygen atoms in total. The molecule has 2 heterocycles. The number of pyridine rings is 1. The number of nitrogens with zero attached hydrogens (tertiary/aromatic N) is 2. The molecule has 0 aliphatic heterocycles. The Hall–Kier alpha value is -1.16. The summed E-state index contributed by atoms with van der Waals surface area (Å²) >= 11 is 17.0. The van der Waals surface area contributed by atoms with E-state index < -0.39 is 0 Å². The van der Waals surface area contributed by atoms with Crippen LogP contribution in [0.4, 0.5) is 0 Å². The molecule has 3 rings (SSSR count). The predicted octanol–water partition coefficient (Wildman–Crippen LogP) is 6.86. The van der Waals surface area contributed by atoms with Gasteiger partial charge >= 0.3 is 0 Å². The van der Waals surface area contributed by atoms with Crippen molar-refractivity contribution in [2.24, 2.45) is 0 Å². The number of nitriles is 1. The average molecular weight is 409 g/mol. The van der Waals surface area contributed by atoms with Gasteiger partial charge in [0.05, 0.1) is 24.7 Å². The molecule has 7 heteroatoms. The smallest absolute Gasteiger partial charge is 0.101 e. The molecule has 0 aliphatic rings. The summed E-state index contributed by atoms with van der Waals surface area (Å²) < 4.78 is 0.872. The summed E-state index contributed by atoms with van der Waals surface area (Å²) in [6.07, 6.45) is 5.15. The Morgan fingerprint density at radius 3 is 2.38 bits per heavy atom. The molecule has 0 bridgehead atoms. The Morgan fingerprint density at radius 1 is 1.12 bits per heavy atom. The molecule has 2 aromatic heterocycles. The van der Waals surface area contributed by atoms with Gasteiger partial charge in [0.15, 0.2) is 0 Å². The van der Waals surface area contributed by atoms with E-state index in [9.17, 15) is 5.26 Å². The quantitative estimate of drug-likeness (QED) is 0.441. The van der Waals surface area contributed by atoms with Crippen LogP contribution < -0.4 is 0 Å². The van der Waals surface area contributed by atoms with Crippen molar-refractivity contribution in [1.29, 1.82) is 5.26 Å². The van der Waals surface area contributed by atoms with E-state index in [1.165, 1.54) is 16.7 Å². The van der Waals surface area contributed by atoms with Gasteiger partial charge < -0.3 is 0 Å². The van der Waals surface area contributed by atoms with Crippen molar-refractivity contribution in [1.82, 2.24) is 4.98 Å². The summed E-state index contributed by atoms with van der Waals surface area (Å²) in [5, 5.41) is 10.4. The third kappa shape index (κ3) is 3.74. The molecule has 0 fully saturated rings. The van der Waals surface area contributed by atoms with Crippen molar-refractivity contribution in [2.45, 2.75) is 14.0 Å². The lowest BCUT2D eigenvalue weighted by molar-refractivity contribution is 1.26. The Bertz CT molecular complexity index is 894. The van der Waals surface area contributed by atoms with Crippen LogP contribution in [-0.2, 0) is 0 Å². The van der Waals surface area contributed by atoms with Gasteiger partial charge in [-0.25, -0.2) is 0 Å². The van der Waals surface area contributed by atoms with E-state index in [-0.39, 0.29) is 0 Å². The summed E-state index contributed by atoms with van der Waals surface area (Å²) in [7, 11) is 0. The second kappa shape index (κ2) is 7.81. The van der Waals surface area contributed by atoms with E-state index >= 15 is 0 Å². The number of thiophene rings is 1. The Morgan fingerprint density at radius 2 is 1.79 bits per heavy atom. The maximum Gasteiger partial charge on any atom is 0.101 e. The predicted molar refractivity (Wildman–Crippen MR) is 105 cm³/mol. The minimum Gasteiger partial charge on any atom is -0.262 e. The lowest BCUT2D eigenvalue weighted by Crippen LogP contribution is -1.80. The molecule has 3 aromatic rings. The van der Waals surface area contributed by atoms with Crippen molar-refractivity contribution in [2.75, 3.05) is 6.26 Å². The number of hydrogen-bond acceptors (Lipinski definition) is 5. The zero-order valence-corrected chi connectivity index (χ0v) is 16.4. The van der Waals surface area contributed by atoms with E-state index in [4.69, 9.17) is 23.2 Å². The monoisotopic (exact) mass is 408 g/mol. The van der Waals surface area contributed by atoms with Crippen molar-refractivity contribution < 1.29 is 0 Å². The van der Waals surface area contributed by atoms with Gasteiger partial charge in [0.1, 0.15) is 6.07 Å². The third-order valence-corrected chi connectivity index (χ3v) is 7.27. The normalized spacial score (nSPS) is 10.6.